The van der Waals surface area contributed by atoms with Gasteiger partial charge in [-0.05, 0) is 37.7 Å². The van der Waals surface area contributed by atoms with Crippen molar-refractivity contribution < 1.29 is 4.74 Å². The van der Waals surface area contributed by atoms with Gasteiger partial charge in [0.15, 0.2) is 0 Å². The lowest BCUT2D eigenvalue weighted by molar-refractivity contribution is 0.196. The fraction of sp³-hybridized carbons (Fsp3) is 0.238. The highest BCUT2D eigenvalue weighted by molar-refractivity contribution is 5.57. The molecule has 26 heavy (non-hydrogen) atoms. The van der Waals surface area contributed by atoms with E-state index in [-0.39, 0.29) is 5.56 Å². The van der Waals surface area contributed by atoms with Crippen LogP contribution in [0.25, 0.3) is 11.3 Å². The van der Waals surface area contributed by atoms with Crippen molar-refractivity contribution in [3.05, 3.63) is 82.6 Å². The molecule has 0 saturated carbocycles. The first-order valence-electron chi connectivity index (χ1n) is 8.63. The number of hydrogen-bond acceptors (Lipinski definition) is 4. The van der Waals surface area contributed by atoms with E-state index in [1.54, 1.807) is 12.1 Å². The van der Waals surface area contributed by atoms with Gasteiger partial charge in [-0.25, -0.2) is 4.68 Å². The maximum absolute atomic E-state index is 12.1. The molecule has 0 radical (unpaired) electrons. The summed E-state index contributed by atoms with van der Waals surface area (Å²) in [7, 11) is 1.95. The van der Waals surface area contributed by atoms with Crippen LogP contribution in [0.3, 0.4) is 0 Å². The van der Waals surface area contributed by atoms with E-state index in [2.05, 4.69) is 5.10 Å². The number of rotatable bonds is 7. The second-order valence-electron chi connectivity index (χ2n) is 6.31. The van der Waals surface area contributed by atoms with Gasteiger partial charge in [0.1, 0.15) is 12.4 Å². The van der Waals surface area contributed by atoms with Crippen LogP contribution >= 0.6 is 0 Å². The van der Waals surface area contributed by atoms with Crippen molar-refractivity contribution in [3.8, 4) is 17.0 Å². The number of hydrogen-bond donors (Lipinski definition) is 0. The fourth-order valence-electron chi connectivity index (χ4n) is 2.64. The van der Waals surface area contributed by atoms with Gasteiger partial charge in [0.05, 0.1) is 12.4 Å². The summed E-state index contributed by atoms with van der Waals surface area (Å²) in [5.41, 5.74) is 2.83. The van der Waals surface area contributed by atoms with Gasteiger partial charge < -0.3 is 4.74 Å². The highest BCUT2D eigenvalue weighted by Gasteiger charge is 2.06. The molecule has 1 heterocycles. The van der Waals surface area contributed by atoms with Crippen molar-refractivity contribution in [1.82, 2.24) is 14.7 Å². The first-order valence-corrected chi connectivity index (χ1v) is 8.63. The van der Waals surface area contributed by atoms with Crippen molar-refractivity contribution in [2.24, 2.45) is 0 Å². The van der Waals surface area contributed by atoms with Gasteiger partial charge in [-0.1, -0.05) is 42.5 Å². The van der Waals surface area contributed by atoms with E-state index < -0.39 is 0 Å². The van der Waals surface area contributed by atoms with Gasteiger partial charge in [-0.3, -0.25) is 9.69 Å². The number of benzene rings is 2. The predicted octanol–water partition coefficient (Wildman–Crippen LogP) is 3.19. The zero-order valence-electron chi connectivity index (χ0n) is 15.1. The first-order chi connectivity index (χ1) is 12.6. The summed E-state index contributed by atoms with van der Waals surface area (Å²) < 4.78 is 7.25. The molecule has 0 aliphatic heterocycles. The number of ether oxygens (including phenoxy) is 1. The van der Waals surface area contributed by atoms with Gasteiger partial charge in [0.2, 0.25) is 0 Å². The molecule has 0 bridgehead atoms. The largest absolute Gasteiger partial charge is 0.492 e. The van der Waals surface area contributed by atoms with Gasteiger partial charge in [-0.2, -0.15) is 5.10 Å². The number of aryl methyl sites for hydroxylation is 1. The van der Waals surface area contributed by atoms with E-state index in [4.69, 9.17) is 4.74 Å². The molecule has 0 N–H and O–H groups in total. The van der Waals surface area contributed by atoms with E-state index in [0.29, 0.717) is 19.8 Å². The Hall–Kier alpha value is -2.92. The minimum absolute atomic E-state index is 0.115. The third kappa shape index (κ3) is 4.80. The molecule has 0 saturated heterocycles. The fourth-order valence-corrected chi connectivity index (χ4v) is 2.64. The number of aromatic nitrogens is 2. The quantitative estimate of drug-likeness (QED) is 0.657. The molecular formula is C21H23N3O2. The van der Waals surface area contributed by atoms with Gasteiger partial charge in [0, 0.05) is 18.2 Å². The zero-order chi connectivity index (χ0) is 18.4. The zero-order valence-corrected chi connectivity index (χ0v) is 15.1. The summed E-state index contributed by atoms with van der Waals surface area (Å²) in [6.07, 6.45) is 0. The predicted molar refractivity (Wildman–Crippen MR) is 103 cm³/mol. The molecule has 1 aromatic heterocycles. The average Bonchev–Trinajstić information content (AvgIpc) is 2.64. The van der Waals surface area contributed by atoms with Crippen molar-refractivity contribution in [3.63, 3.8) is 0 Å². The molecule has 2 aromatic carbocycles. The number of nitrogens with zero attached hydrogens (tertiary/aromatic N) is 3. The normalized spacial score (nSPS) is 10.9. The van der Waals surface area contributed by atoms with E-state index in [9.17, 15) is 4.79 Å². The van der Waals surface area contributed by atoms with E-state index >= 15 is 0 Å². The van der Waals surface area contributed by atoms with E-state index in [1.807, 2.05) is 73.5 Å². The van der Waals surface area contributed by atoms with E-state index in [0.717, 1.165) is 17.0 Å². The van der Waals surface area contributed by atoms with Crippen molar-refractivity contribution >= 4 is 0 Å². The van der Waals surface area contributed by atoms with Crippen LogP contribution < -0.4 is 10.3 Å². The van der Waals surface area contributed by atoms with Crippen LogP contribution in [0, 0.1) is 6.92 Å². The Bertz CT molecular complexity index is 906. The summed E-state index contributed by atoms with van der Waals surface area (Å²) in [5, 5.41) is 4.48. The lowest BCUT2D eigenvalue weighted by Gasteiger charge is -2.18. The molecule has 0 spiro atoms. The van der Waals surface area contributed by atoms with E-state index in [1.165, 1.54) is 10.2 Å². The molecule has 0 aliphatic carbocycles. The Morgan fingerprint density at radius 3 is 2.62 bits per heavy atom. The maximum Gasteiger partial charge on any atom is 0.268 e. The topological polar surface area (TPSA) is 47.4 Å². The minimum atomic E-state index is -0.115. The molecule has 0 amide bonds. The molecule has 134 valence electrons. The average molecular weight is 349 g/mol. The number of likely N-dealkylation sites (N-methyl/N-ethyl adjacent to an activating group) is 1. The molecule has 0 atom stereocenters. The molecule has 5 heteroatoms. The SMILES string of the molecule is Cc1cccc(OCCN(C)Cn2nc(-c3ccccc3)ccc2=O)c1. The van der Waals surface area contributed by atoms with Crippen LogP contribution in [-0.2, 0) is 6.67 Å². The monoisotopic (exact) mass is 349 g/mol. The van der Waals surface area contributed by atoms with Crippen LogP contribution in [0.5, 0.6) is 5.75 Å². The smallest absolute Gasteiger partial charge is 0.268 e. The van der Waals surface area contributed by atoms with Crippen molar-refractivity contribution in [1.29, 1.82) is 0 Å². The lowest BCUT2D eigenvalue weighted by atomic mass is 10.1. The Morgan fingerprint density at radius 1 is 1.04 bits per heavy atom. The third-order valence-electron chi connectivity index (χ3n) is 4.04. The molecule has 0 fully saturated rings. The molecule has 3 rings (SSSR count). The summed E-state index contributed by atoms with van der Waals surface area (Å²) in [4.78, 5) is 14.1. The molecule has 3 aromatic rings. The van der Waals surface area contributed by atoms with Crippen LogP contribution in [0.4, 0.5) is 0 Å². The summed E-state index contributed by atoms with van der Waals surface area (Å²) in [5.74, 6) is 0.861. The molecule has 0 aliphatic rings. The first kappa shape index (κ1) is 17.9. The van der Waals surface area contributed by atoms with Gasteiger partial charge in [0.25, 0.3) is 5.56 Å². The molecular weight excluding hydrogens is 326 g/mol. The summed E-state index contributed by atoms with van der Waals surface area (Å²) in [6, 6.07) is 21.1. The van der Waals surface area contributed by atoms with Crippen LogP contribution in [0.2, 0.25) is 0 Å². The van der Waals surface area contributed by atoms with Gasteiger partial charge >= 0.3 is 0 Å². The van der Waals surface area contributed by atoms with Gasteiger partial charge in [-0.15, -0.1) is 0 Å². The minimum Gasteiger partial charge on any atom is -0.492 e. The molecule has 0 unspecified atom stereocenters. The highest BCUT2D eigenvalue weighted by Crippen LogP contribution is 2.14. The van der Waals surface area contributed by atoms with Crippen molar-refractivity contribution in [2.45, 2.75) is 13.6 Å². The maximum atomic E-state index is 12.1. The Kier molecular flexibility index (Phi) is 5.81. The Labute approximate surface area is 153 Å². The third-order valence-corrected chi connectivity index (χ3v) is 4.04. The Balaban J connectivity index is 1.60. The van der Waals surface area contributed by atoms with Crippen LogP contribution in [0.15, 0.2) is 71.5 Å². The Morgan fingerprint density at radius 2 is 1.85 bits per heavy atom. The molecule has 5 nitrogen and oxygen atoms in total. The van der Waals surface area contributed by atoms with Crippen molar-refractivity contribution in [2.75, 3.05) is 20.2 Å². The van der Waals surface area contributed by atoms with Crippen LogP contribution in [0.1, 0.15) is 5.56 Å². The summed E-state index contributed by atoms with van der Waals surface area (Å²) in [6.45, 7) is 3.69. The summed E-state index contributed by atoms with van der Waals surface area (Å²) >= 11 is 0. The second kappa shape index (κ2) is 8.45. The second-order valence-corrected chi connectivity index (χ2v) is 6.31. The highest BCUT2D eigenvalue weighted by atomic mass is 16.5. The standard InChI is InChI=1S/C21H23N3O2/c1-17-7-6-10-19(15-17)26-14-13-23(2)16-24-21(25)12-11-20(22-24)18-8-4-3-5-9-18/h3-12,15H,13-14,16H2,1-2H3. The lowest BCUT2D eigenvalue weighted by Crippen LogP contribution is -2.33. The van der Waals surface area contributed by atoms with Crippen LogP contribution in [-0.4, -0.2) is 34.9 Å².